The molecule has 2 N–H and O–H groups in total. The first-order valence-corrected chi connectivity index (χ1v) is 6.53. The lowest BCUT2D eigenvalue weighted by atomic mass is 9.85. The molecule has 4 nitrogen and oxygen atoms in total. The fraction of sp³-hybridized carbons (Fsp3) is 0.923. The molecule has 0 aromatic carbocycles. The number of alkyl carbamates (subject to hydrolysis) is 1. The Kier molecular flexibility index (Phi) is 5.25. The largest absolute Gasteiger partial charge is 0.444 e. The minimum atomic E-state index is -0.486. The Hall–Kier alpha value is -0.770. The van der Waals surface area contributed by atoms with Crippen molar-refractivity contribution in [1.82, 2.24) is 5.32 Å². The van der Waals surface area contributed by atoms with Crippen molar-refractivity contribution < 1.29 is 14.6 Å². The maximum Gasteiger partial charge on any atom is 0.407 e. The van der Waals surface area contributed by atoms with Crippen molar-refractivity contribution in [2.45, 2.75) is 64.6 Å². The van der Waals surface area contributed by atoms with Gasteiger partial charge >= 0.3 is 6.09 Å². The van der Waals surface area contributed by atoms with Crippen molar-refractivity contribution in [3.05, 3.63) is 0 Å². The molecule has 0 unspecified atom stereocenters. The molecule has 100 valence electrons. The standard InChI is InChI=1S/C13H25NO3/c1-13(2,3)17-12(16)14-9-11(15)10-7-5-4-6-8-10/h10-11,15H,4-9H2,1-3H3,(H,14,16)/t11-/m1/s1. The number of aliphatic hydroxyl groups is 1. The molecular weight excluding hydrogens is 218 g/mol. The minimum absolute atomic E-state index is 0.291. The zero-order chi connectivity index (χ0) is 12.9. The Morgan fingerprint density at radius 1 is 1.35 bits per heavy atom. The van der Waals surface area contributed by atoms with Crippen LogP contribution in [0.3, 0.4) is 0 Å². The topological polar surface area (TPSA) is 58.6 Å². The van der Waals surface area contributed by atoms with Crippen LogP contribution in [0.4, 0.5) is 4.79 Å². The number of hydrogen-bond acceptors (Lipinski definition) is 3. The van der Waals surface area contributed by atoms with Crippen LogP contribution in [0, 0.1) is 5.92 Å². The fourth-order valence-corrected chi connectivity index (χ4v) is 2.19. The Morgan fingerprint density at radius 3 is 2.47 bits per heavy atom. The van der Waals surface area contributed by atoms with Gasteiger partial charge in [-0.2, -0.15) is 0 Å². The lowest BCUT2D eigenvalue weighted by Gasteiger charge is -2.27. The Bertz CT molecular complexity index is 242. The highest BCUT2D eigenvalue weighted by atomic mass is 16.6. The summed E-state index contributed by atoms with van der Waals surface area (Å²) < 4.78 is 5.11. The third-order valence-electron chi connectivity index (χ3n) is 3.05. The van der Waals surface area contributed by atoms with Crippen LogP contribution in [0.15, 0.2) is 0 Å². The average Bonchev–Trinajstić information content (AvgIpc) is 2.25. The second kappa shape index (κ2) is 6.24. The van der Waals surface area contributed by atoms with E-state index in [4.69, 9.17) is 4.74 Å². The summed E-state index contributed by atoms with van der Waals surface area (Å²) in [6, 6.07) is 0. The summed E-state index contributed by atoms with van der Waals surface area (Å²) in [4.78, 5) is 11.4. The van der Waals surface area contributed by atoms with E-state index in [1.165, 1.54) is 19.3 Å². The molecule has 0 saturated heterocycles. The van der Waals surface area contributed by atoms with Crippen molar-refractivity contribution in [3.63, 3.8) is 0 Å². The van der Waals surface area contributed by atoms with E-state index in [0.29, 0.717) is 12.5 Å². The van der Waals surface area contributed by atoms with Gasteiger partial charge in [0.25, 0.3) is 0 Å². The number of ether oxygens (including phenoxy) is 1. The van der Waals surface area contributed by atoms with Crippen LogP contribution in [0.2, 0.25) is 0 Å². The summed E-state index contributed by atoms with van der Waals surface area (Å²) in [6.07, 6.45) is 4.88. The molecule has 1 atom stereocenters. The first kappa shape index (κ1) is 14.3. The predicted molar refractivity (Wildman–Crippen MR) is 66.8 cm³/mol. The second-order valence-electron chi connectivity index (χ2n) is 5.85. The molecule has 17 heavy (non-hydrogen) atoms. The number of carbonyl (C=O) groups excluding carboxylic acids is 1. The molecule has 0 aromatic rings. The SMILES string of the molecule is CC(C)(C)OC(=O)NC[C@@H](O)C1CCCCC1. The maximum atomic E-state index is 11.4. The number of amides is 1. The van der Waals surface area contributed by atoms with Crippen LogP contribution >= 0.6 is 0 Å². The van der Waals surface area contributed by atoms with Gasteiger partial charge in [-0.1, -0.05) is 19.3 Å². The van der Waals surface area contributed by atoms with Crippen molar-refractivity contribution in [3.8, 4) is 0 Å². The van der Waals surface area contributed by atoms with Gasteiger partial charge in [-0.25, -0.2) is 4.79 Å². The van der Waals surface area contributed by atoms with Crippen LogP contribution in [-0.4, -0.2) is 29.4 Å². The van der Waals surface area contributed by atoms with Crippen molar-refractivity contribution in [2.75, 3.05) is 6.54 Å². The third-order valence-corrected chi connectivity index (χ3v) is 3.05. The molecule has 1 amide bonds. The molecule has 0 spiro atoms. The molecule has 0 radical (unpaired) electrons. The lowest BCUT2D eigenvalue weighted by Crippen LogP contribution is -2.39. The maximum absolute atomic E-state index is 11.4. The van der Waals surface area contributed by atoms with Crippen LogP contribution in [0.25, 0.3) is 0 Å². The zero-order valence-electron chi connectivity index (χ0n) is 11.2. The number of aliphatic hydroxyl groups excluding tert-OH is 1. The van der Waals surface area contributed by atoms with Gasteiger partial charge in [0.1, 0.15) is 5.60 Å². The van der Waals surface area contributed by atoms with E-state index in [1.807, 2.05) is 20.8 Å². The van der Waals surface area contributed by atoms with E-state index >= 15 is 0 Å². The summed E-state index contributed by atoms with van der Waals surface area (Å²) in [7, 11) is 0. The molecule has 1 rings (SSSR count). The monoisotopic (exact) mass is 243 g/mol. The summed E-state index contributed by atoms with van der Waals surface area (Å²) in [5.74, 6) is 0.332. The summed E-state index contributed by atoms with van der Waals surface area (Å²) in [6.45, 7) is 5.76. The Morgan fingerprint density at radius 2 is 1.94 bits per heavy atom. The average molecular weight is 243 g/mol. The van der Waals surface area contributed by atoms with E-state index in [-0.39, 0.29) is 0 Å². The van der Waals surface area contributed by atoms with Crippen LogP contribution < -0.4 is 5.32 Å². The highest BCUT2D eigenvalue weighted by Crippen LogP contribution is 2.26. The van der Waals surface area contributed by atoms with E-state index in [2.05, 4.69) is 5.32 Å². The molecule has 0 heterocycles. The molecule has 0 aliphatic heterocycles. The number of rotatable bonds is 3. The molecule has 1 fully saturated rings. The van der Waals surface area contributed by atoms with E-state index in [0.717, 1.165) is 12.8 Å². The fourth-order valence-electron chi connectivity index (χ4n) is 2.19. The van der Waals surface area contributed by atoms with Crippen molar-refractivity contribution >= 4 is 6.09 Å². The van der Waals surface area contributed by atoms with Gasteiger partial charge in [0.05, 0.1) is 6.10 Å². The number of hydrogen-bond donors (Lipinski definition) is 2. The highest BCUT2D eigenvalue weighted by molar-refractivity contribution is 5.67. The molecule has 4 heteroatoms. The molecule has 1 aliphatic carbocycles. The van der Waals surface area contributed by atoms with Crippen LogP contribution in [-0.2, 0) is 4.74 Å². The normalized spacial score (nSPS) is 19.8. The van der Waals surface area contributed by atoms with Gasteiger partial charge in [-0.15, -0.1) is 0 Å². The van der Waals surface area contributed by atoms with E-state index in [9.17, 15) is 9.90 Å². The van der Waals surface area contributed by atoms with Gasteiger partial charge in [0.15, 0.2) is 0 Å². The first-order valence-electron chi connectivity index (χ1n) is 6.53. The smallest absolute Gasteiger partial charge is 0.407 e. The van der Waals surface area contributed by atoms with Gasteiger partial charge in [-0.05, 0) is 39.5 Å². The van der Waals surface area contributed by atoms with Crippen LogP contribution in [0.1, 0.15) is 52.9 Å². The predicted octanol–water partition coefficient (Wildman–Crippen LogP) is 2.45. The molecular formula is C13H25NO3. The molecule has 1 saturated carbocycles. The Balaban J connectivity index is 2.22. The van der Waals surface area contributed by atoms with Gasteiger partial charge < -0.3 is 15.2 Å². The van der Waals surface area contributed by atoms with Gasteiger partial charge in [0, 0.05) is 6.54 Å². The number of carbonyl (C=O) groups is 1. The summed E-state index contributed by atoms with van der Waals surface area (Å²) >= 11 is 0. The van der Waals surface area contributed by atoms with Gasteiger partial charge in [-0.3, -0.25) is 0 Å². The first-order chi connectivity index (χ1) is 7.88. The third kappa shape index (κ3) is 5.91. The number of nitrogens with one attached hydrogen (secondary N) is 1. The minimum Gasteiger partial charge on any atom is -0.444 e. The summed E-state index contributed by atoms with van der Waals surface area (Å²) in [5, 5.41) is 12.6. The van der Waals surface area contributed by atoms with E-state index in [1.54, 1.807) is 0 Å². The van der Waals surface area contributed by atoms with Gasteiger partial charge in [0.2, 0.25) is 0 Å². The summed E-state index contributed by atoms with van der Waals surface area (Å²) in [5.41, 5.74) is -0.486. The van der Waals surface area contributed by atoms with E-state index < -0.39 is 17.8 Å². The molecule has 0 bridgehead atoms. The zero-order valence-corrected chi connectivity index (χ0v) is 11.2. The van der Waals surface area contributed by atoms with Crippen molar-refractivity contribution in [1.29, 1.82) is 0 Å². The quantitative estimate of drug-likeness (QED) is 0.800. The lowest BCUT2D eigenvalue weighted by molar-refractivity contribution is 0.0425. The molecule has 1 aliphatic rings. The molecule has 0 aromatic heterocycles. The van der Waals surface area contributed by atoms with Crippen molar-refractivity contribution in [2.24, 2.45) is 5.92 Å². The Labute approximate surface area is 104 Å². The second-order valence-corrected chi connectivity index (χ2v) is 5.85. The van der Waals surface area contributed by atoms with Crippen LogP contribution in [0.5, 0.6) is 0 Å². The highest BCUT2D eigenvalue weighted by Gasteiger charge is 2.23.